The molecular formula is C40H54ClF2N7O9S. The summed E-state index contributed by atoms with van der Waals surface area (Å²) in [6, 6.07) is 7.84. The van der Waals surface area contributed by atoms with Crippen LogP contribution in [0.5, 0.6) is 0 Å². The number of hydrogen-bond acceptors (Lipinski definition) is 11. The lowest BCUT2D eigenvalue weighted by Crippen LogP contribution is -2.49. The number of piperazine rings is 1. The molecule has 4 amide bonds. The third-order valence-electron chi connectivity index (χ3n) is 10.3. The lowest BCUT2D eigenvalue weighted by atomic mass is 9.77. The smallest absolute Gasteiger partial charge is 0.408 e. The maximum absolute atomic E-state index is 16.1. The number of anilines is 2. The second-order valence-corrected chi connectivity index (χ2v) is 19.6. The normalized spacial score (nSPS) is 20.7. The molecule has 0 radical (unpaired) electrons. The van der Waals surface area contributed by atoms with Crippen LogP contribution >= 0.6 is 11.6 Å². The van der Waals surface area contributed by atoms with Crippen molar-refractivity contribution in [3.63, 3.8) is 0 Å². The number of rotatable bonds is 12. The highest BCUT2D eigenvalue weighted by Crippen LogP contribution is 2.46. The number of benzene rings is 1. The van der Waals surface area contributed by atoms with Gasteiger partial charge in [-0.2, -0.15) is 4.31 Å². The summed E-state index contributed by atoms with van der Waals surface area (Å²) in [4.78, 5) is 69.1. The van der Waals surface area contributed by atoms with Crippen molar-refractivity contribution in [2.45, 2.75) is 102 Å². The number of aromatic nitrogens is 1. The Hall–Kier alpha value is -4.62. The highest BCUT2D eigenvalue weighted by molar-refractivity contribution is 7.89. The summed E-state index contributed by atoms with van der Waals surface area (Å²) in [6.45, 7) is 10.2. The van der Waals surface area contributed by atoms with E-state index in [-0.39, 0.29) is 105 Å². The molecule has 330 valence electrons. The molecule has 2 aliphatic heterocycles. The first kappa shape index (κ1) is 46.4. The van der Waals surface area contributed by atoms with Gasteiger partial charge in [-0.3, -0.25) is 14.4 Å². The summed E-state index contributed by atoms with van der Waals surface area (Å²) >= 11 is 6.27. The molecule has 1 aromatic heterocycles. The number of halogens is 3. The van der Waals surface area contributed by atoms with Gasteiger partial charge in [-0.25, -0.2) is 31.8 Å². The Morgan fingerprint density at radius 1 is 0.850 bits per heavy atom. The van der Waals surface area contributed by atoms with Crippen molar-refractivity contribution in [1.29, 1.82) is 0 Å². The maximum Gasteiger partial charge on any atom is 0.408 e. The fraction of sp³-hybridized carbons (Fsp3) is 0.600. The number of carbonyl (C=O) groups is 5. The Kier molecular flexibility index (Phi) is 14.4. The van der Waals surface area contributed by atoms with Crippen molar-refractivity contribution in [3.05, 3.63) is 47.1 Å². The van der Waals surface area contributed by atoms with E-state index in [1.54, 1.807) is 46.4 Å². The molecule has 1 saturated carbocycles. The summed E-state index contributed by atoms with van der Waals surface area (Å²) < 4.78 is 71.0. The van der Waals surface area contributed by atoms with Gasteiger partial charge in [0, 0.05) is 62.2 Å². The number of ether oxygens (including phenoxy) is 2. The summed E-state index contributed by atoms with van der Waals surface area (Å²) in [5.74, 6) is -5.85. The molecule has 3 fully saturated rings. The first-order chi connectivity index (χ1) is 27.9. The minimum atomic E-state index is -3.95. The van der Waals surface area contributed by atoms with Crippen molar-refractivity contribution < 1.29 is 50.6 Å². The van der Waals surface area contributed by atoms with Crippen molar-refractivity contribution in [1.82, 2.24) is 25.2 Å². The lowest BCUT2D eigenvalue weighted by molar-refractivity contribution is -0.131. The Bertz CT molecular complexity index is 2030. The third kappa shape index (κ3) is 12.2. The van der Waals surface area contributed by atoms with E-state index >= 15 is 8.78 Å². The number of carbonyl (C=O) groups excluding carboxylic acids is 5. The number of pyridine rings is 1. The number of hydrogen-bond donors (Lipinski definition) is 3. The number of ketones is 1. The van der Waals surface area contributed by atoms with Crippen LogP contribution in [0.3, 0.4) is 0 Å². The van der Waals surface area contributed by atoms with E-state index in [4.69, 9.17) is 21.1 Å². The molecular weight excluding hydrogens is 828 g/mol. The maximum atomic E-state index is 16.1. The Balaban J connectivity index is 1.11. The molecule has 3 N–H and O–H groups in total. The van der Waals surface area contributed by atoms with E-state index in [1.165, 1.54) is 39.5 Å². The molecule has 3 heterocycles. The van der Waals surface area contributed by atoms with E-state index in [0.29, 0.717) is 5.69 Å². The zero-order chi connectivity index (χ0) is 44.2. The van der Waals surface area contributed by atoms with Crippen LogP contribution in [-0.2, 0) is 39.8 Å². The number of sulfonamides is 1. The quantitative estimate of drug-likeness (QED) is 0.243. The standard InChI is InChI=1S/C40H54ClF2N7O9S/c1-38(2,3)58-36(54)45-23-30(51)22-44-35(53)25-7-9-26(10-8-25)40(42,43)27-19-32(41)47-33(20-27)48-15-17-49(18-16-48)60(56,57)31-13-11-29(12-14-31)50-24-28(21-34(50)52)46-37(55)59-39(4,5)6/h11-14,19-20,25-26,28H,7-10,15-18,21-24H2,1-6H3,(H,44,53)(H,45,54)(H,46,55)/t25?,26?,28-/m1/s1. The van der Waals surface area contributed by atoms with Crippen LogP contribution in [0.15, 0.2) is 41.3 Å². The molecule has 5 rings (SSSR count). The highest BCUT2D eigenvalue weighted by Gasteiger charge is 2.45. The highest BCUT2D eigenvalue weighted by atomic mass is 35.5. The number of amides is 4. The van der Waals surface area contributed by atoms with Crippen LogP contribution in [0.2, 0.25) is 5.15 Å². The van der Waals surface area contributed by atoms with Gasteiger partial charge in [0.15, 0.2) is 5.78 Å². The van der Waals surface area contributed by atoms with Crippen LogP contribution in [0.4, 0.5) is 29.9 Å². The van der Waals surface area contributed by atoms with Crippen LogP contribution in [-0.4, -0.2) is 111 Å². The average Bonchev–Trinajstić information content (AvgIpc) is 3.53. The minimum Gasteiger partial charge on any atom is -0.444 e. The van der Waals surface area contributed by atoms with Crippen molar-refractivity contribution in [2.24, 2.45) is 11.8 Å². The van der Waals surface area contributed by atoms with Crippen molar-refractivity contribution in [2.75, 3.05) is 55.6 Å². The van der Waals surface area contributed by atoms with E-state index in [0.717, 1.165) is 6.07 Å². The first-order valence-electron chi connectivity index (χ1n) is 19.9. The lowest BCUT2D eigenvalue weighted by Gasteiger charge is -2.36. The SMILES string of the molecule is CC(C)(C)OC(=O)NCC(=O)CNC(=O)C1CCC(C(F)(F)c2cc(Cl)nc(N3CCN(S(=O)(=O)c4ccc(N5C[C@H](NC(=O)OC(C)(C)C)CC5=O)cc4)CC3)c2)CC1. The molecule has 20 heteroatoms. The number of nitrogens with one attached hydrogen (secondary N) is 3. The fourth-order valence-electron chi connectivity index (χ4n) is 7.30. The zero-order valence-corrected chi connectivity index (χ0v) is 36.3. The van der Waals surface area contributed by atoms with Crippen LogP contribution < -0.4 is 25.8 Å². The van der Waals surface area contributed by atoms with Gasteiger partial charge in [-0.15, -0.1) is 0 Å². The Morgan fingerprint density at radius 3 is 2.03 bits per heavy atom. The van der Waals surface area contributed by atoms with Crippen molar-refractivity contribution >= 4 is 62.9 Å². The van der Waals surface area contributed by atoms with Gasteiger partial charge >= 0.3 is 12.2 Å². The van der Waals surface area contributed by atoms with E-state index < -0.39 is 68.9 Å². The number of nitrogens with zero attached hydrogens (tertiary/aromatic N) is 4. The minimum absolute atomic E-state index is 0.0193. The Labute approximate surface area is 354 Å². The van der Waals surface area contributed by atoms with Gasteiger partial charge in [0.05, 0.1) is 24.0 Å². The predicted molar refractivity (Wildman–Crippen MR) is 218 cm³/mol. The predicted octanol–water partition coefficient (Wildman–Crippen LogP) is 4.98. The summed E-state index contributed by atoms with van der Waals surface area (Å²) in [6.07, 6.45) is -0.857. The van der Waals surface area contributed by atoms with E-state index in [1.807, 2.05) is 0 Å². The van der Waals surface area contributed by atoms with Crippen LogP contribution in [0.25, 0.3) is 0 Å². The largest absolute Gasteiger partial charge is 0.444 e. The van der Waals surface area contributed by atoms with Gasteiger partial charge in [-0.05, 0) is 104 Å². The molecule has 3 aliphatic rings. The molecule has 0 unspecified atom stereocenters. The third-order valence-corrected chi connectivity index (χ3v) is 12.4. The second-order valence-electron chi connectivity index (χ2n) is 17.3. The topological polar surface area (TPSA) is 197 Å². The number of alkyl carbamates (subject to hydrolysis) is 2. The van der Waals surface area contributed by atoms with Crippen LogP contribution in [0, 0.1) is 11.8 Å². The van der Waals surface area contributed by atoms with Crippen LogP contribution in [0.1, 0.15) is 79.2 Å². The van der Waals surface area contributed by atoms with Gasteiger partial charge < -0.3 is 35.2 Å². The Morgan fingerprint density at radius 2 is 1.43 bits per heavy atom. The zero-order valence-electron chi connectivity index (χ0n) is 34.7. The number of Topliss-reactive ketones (excluding diaryl/α,β-unsaturated/α-hetero) is 1. The monoisotopic (exact) mass is 881 g/mol. The first-order valence-corrected chi connectivity index (χ1v) is 21.7. The molecule has 1 aliphatic carbocycles. The van der Waals surface area contributed by atoms with Gasteiger partial charge in [0.25, 0.3) is 5.92 Å². The summed E-state index contributed by atoms with van der Waals surface area (Å²) in [5.41, 5.74) is -1.28. The molecule has 0 spiro atoms. The molecule has 2 aromatic rings. The van der Waals surface area contributed by atoms with Crippen molar-refractivity contribution in [3.8, 4) is 0 Å². The molecule has 0 bridgehead atoms. The van der Waals surface area contributed by atoms with E-state index in [9.17, 15) is 32.4 Å². The second kappa shape index (κ2) is 18.6. The molecule has 1 aromatic carbocycles. The van der Waals surface area contributed by atoms with Gasteiger partial charge in [0.1, 0.15) is 22.2 Å². The molecule has 2 saturated heterocycles. The van der Waals surface area contributed by atoms with Gasteiger partial charge in [0.2, 0.25) is 21.8 Å². The fourth-order valence-corrected chi connectivity index (χ4v) is 8.93. The molecule has 60 heavy (non-hydrogen) atoms. The van der Waals surface area contributed by atoms with Gasteiger partial charge in [-0.1, -0.05) is 11.6 Å². The summed E-state index contributed by atoms with van der Waals surface area (Å²) in [5, 5.41) is 7.43. The molecule has 16 nitrogen and oxygen atoms in total. The number of alkyl halides is 2. The average molecular weight is 882 g/mol. The summed E-state index contributed by atoms with van der Waals surface area (Å²) in [7, 11) is -3.95. The van der Waals surface area contributed by atoms with E-state index in [2.05, 4.69) is 20.9 Å². The molecule has 1 atom stereocenters.